The molecule has 0 radical (unpaired) electrons. The molecule has 9 nitrogen and oxygen atoms in total. The Bertz CT molecular complexity index is 955. The number of nitro groups is 1. The van der Waals surface area contributed by atoms with E-state index in [1.54, 1.807) is 25.1 Å². The molecule has 1 aromatic carbocycles. The van der Waals surface area contributed by atoms with E-state index in [-0.39, 0.29) is 10.8 Å². The molecule has 2 aromatic heterocycles. The van der Waals surface area contributed by atoms with E-state index < -0.39 is 15.7 Å². The summed E-state index contributed by atoms with van der Waals surface area (Å²) in [5, 5.41) is 18.8. The standard InChI is InChI=1S/C14H12N6O3S/c1-9-6-12(19-8-15-18-14(19)24(2)23)17-13(16-9)10-4-3-5-11(7-10)20(21)22/h3-8H,1-2H3. The van der Waals surface area contributed by atoms with E-state index in [1.807, 2.05) is 0 Å². The van der Waals surface area contributed by atoms with Crippen molar-refractivity contribution in [3.05, 3.63) is 52.5 Å². The van der Waals surface area contributed by atoms with Crippen molar-refractivity contribution < 1.29 is 9.13 Å². The van der Waals surface area contributed by atoms with Gasteiger partial charge in [0.05, 0.1) is 15.7 Å². The number of aryl methyl sites for hydroxylation is 1. The Kier molecular flexibility index (Phi) is 4.13. The minimum absolute atomic E-state index is 0.0428. The number of benzene rings is 1. The van der Waals surface area contributed by atoms with Crippen molar-refractivity contribution in [2.45, 2.75) is 12.1 Å². The van der Waals surface area contributed by atoms with Crippen molar-refractivity contribution in [1.29, 1.82) is 0 Å². The number of aromatic nitrogens is 5. The van der Waals surface area contributed by atoms with Crippen LogP contribution < -0.4 is 0 Å². The van der Waals surface area contributed by atoms with E-state index in [2.05, 4.69) is 20.2 Å². The predicted octanol–water partition coefficient (Wildman–Crippen LogP) is 1.68. The molecule has 0 fully saturated rings. The molecule has 0 aliphatic heterocycles. The van der Waals surface area contributed by atoms with Gasteiger partial charge in [0.15, 0.2) is 5.82 Å². The van der Waals surface area contributed by atoms with Crippen molar-refractivity contribution in [2.75, 3.05) is 6.26 Å². The average molecular weight is 344 g/mol. The topological polar surface area (TPSA) is 117 Å². The number of nitrogens with zero attached hydrogens (tertiary/aromatic N) is 6. The molecule has 3 rings (SSSR count). The average Bonchev–Trinajstić information content (AvgIpc) is 3.04. The zero-order valence-electron chi connectivity index (χ0n) is 12.8. The molecule has 0 spiro atoms. The van der Waals surface area contributed by atoms with Gasteiger partial charge in [-0.1, -0.05) is 12.1 Å². The molecular weight excluding hydrogens is 332 g/mol. The molecule has 10 heteroatoms. The summed E-state index contributed by atoms with van der Waals surface area (Å²) in [6.45, 7) is 1.78. The Balaban J connectivity index is 2.13. The minimum atomic E-state index is -1.34. The molecular formula is C14H12N6O3S. The Hall–Kier alpha value is -3.01. The maximum atomic E-state index is 11.7. The number of non-ortho nitro benzene ring substituents is 1. The van der Waals surface area contributed by atoms with Gasteiger partial charge in [-0.3, -0.25) is 18.9 Å². The second kappa shape index (κ2) is 6.24. The highest BCUT2D eigenvalue weighted by Crippen LogP contribution is 2.22. The molecule has 0 bridgehead atoms. The SMILES string of the molecule is Cc1cc(-n2cnnc2S(C)=O)nc(-c2cccc([N+](=O)[O-])c2)n1. The van der Waals surface area contributed by atoms with Gasteiger partial charge in [0, 0.05) is 35.7 Å². The van der Waals surface area contributed by atoms with Crippen LogP contribution in [0.1, 0.15) is 5.69 Å². The molecule has 2 heterocycles. The van der Waals surface area contributed by atoms with Crippen LogP contribution in [0.4, 0.5) is 5.69 Å². The predicted molar refractivity (Wildman–Crippen MR) is 86.1 cm³/mol. The van der Waals surface area contributed by atoms with Gasteiger partial charge >= 0.3 is 0 Å². The second-order valence-electron chi connectivity index (χ2n) is 4.94. The second-order valence-corrected chi connectivity index (χ2v) is 6.21. The Morgan fingerprint density at radius 2 is 2.04 bits per heavy atom. The third-order valence-electron chi connectivity index (χ3n) is 3.18. The van der Waals surface area contributed by atoms with Crippen LogP contribution in [-0.2, 0) is 10.8 Å². The van der Waals surface area contributed by atoms with Gasteiger partial charge in [0.1, 0.15) is 12.1 Å². The fraction of sp³-hybridized carbons (Fsp3) is 0.143. The first kappa shape index (κ1) is 15.9. The summed E-state index contributed by atoms with van der Waals surface area (Å²) in [4.78, 5) is 19.2. The quantitative estimate of drug-likeness (QED) is 0.522. The summed E-state index contributed by atoms with van der Waals surface area (Å²) in [7, 11) is -1.34. The van der Waals surface area contributed by atoms with Crippen molar-refractivity contribution in [3.8, 4) is 17.2 Å². The first-order valence-corrected chi connectivity index (χ1v) is 8.36. The van der Waals surface area contributed by atoms with Crippen LogP contribution in [-0.4, -0.2) is 40.1 Å². The third-order valence-corrected chi connectivity index (χ3v) is 3.97. The Morgan fingerprint density at radius 1 is 1.25 bits per heavy atom. The molecule has 1 atom stereocenters. The van der Waals surface area contributed by atoms with Crippen LogP contribution in [0.25, 0.3) is 17.2 Å². The largest absolute Gasteiger partial charge is 0.270 e. The van der Waals surface area contributed by atoms with Gasteiger partial charge < -0.3 is 0 Å². The first-order chi connectivity index (χ1) is 11.5. The molecule has 3 aromatic rings. The summed E-state index contributed by atoms with van der Waals surface area (Å²) in [5.74, 6) is 0.773. The van der Waals surface area contributed by atoms with Crippen molar-refractivity contribution in [1.82, 2.24) is 24.7 Å². The third kappa shape index (κ3) is 3.04. The van der Waals surface area contributed by atoms with Gasteiger partial charge in [-0.2, -0.15) is 0 Å². The van der Waals surface area contributed by atoms with Crippen molar-refractivity contribution >= 4 is 16.5 Å². The summed E-state index contributed by atoms with van der Waals surface area (Å²) >= 11 is 0. The number of rotatable bonds is 4. The molecule has 0 N–H and O–H groups in total. The van der Waals surface area contributed by atoms with Gasteiger partial charge in [0.2, 0.25) is 5.16 Å². The van der Waals surface area contributed by atoms with E-state index in [1.165, 1.54) is 29.3 Å². The zero-order valence-corrected chi connectivity index (χ0v) is 13.6. The summed E-state index contributed by atoms with van der Waals surface area (Å²) < 4.78 is 13.2. The van der Waals surface area contributed by atoms with Gasteiger partial charge in [-0.15, -0.1) is 10.2 Å². The normalized spacial score (nSPS) is 12.1. The fourth-order valence-corrected chi connectivity index (χ4v) is 2.72. The number of nitro benzene ring substituents is 1. The highest BCUT2D eigenvalue weighted by atomic mass is 32.2. The van der Waals surface area contributed by atoms with Gasteiger partial charge in [-0.05, 0) is 6.92 Å². The zero-order chi connectivity index (χ0) is 17.3. The Labute approximate surface area is 139 Å². The van der Waals surface area contributed by atoms with Crippen LogP contribution in [0.3, 0.4) is 0 Å². The molecule has 0 saturated carbocycles. The monoisotopic (exact) mass is 344 g/mol. The van der Waals surface area contributed by atoms with Crippen molar-refractivity contribution in [3.63, 3.8) is 0 Å². The van der Waals surface area contributed by atoms with Crippen LogP contribution in [0.15, 0.2) is 41.8 Å². The van der Waals surface area contributed by atoms with Gasteiger partial charge in [-0.25, -0.2) is 9.97 Å². The highest BCUT2D eigenvalue weighted by Gasteiger charge is 2.14. The lowest BCUT2D eigenvalue weighted by atomic mass is 10.2. The van der Waals surface area contributed by atoms with Crippen LogP contribution in [0.2, 0.25) is 0 Å². The fourth-order valence-electron chi connectivity index (χ4n) is 2.14. The molecule has 0 amide bonds. The highest BCUT2D eigenvalue weighted by molar-refractivity contribution is 7.84. The Morgan fingerprint density at radius 3 is 2.75 bits per heavy atom. The van der Waals surface area contributed by atoms with E-state index >= 15 is 0 Å². The molecule has 122 valence electrons. The van der Waals surface area contributed by atoms with E-state index in [0.29, 0.717) is 22.9 Å². The summed E-state index contributed by atoms with van der Waals surface area (Å²) in [5.41, 5.74) is 1.13. The minimum Gasteiger partial charge on any atom is -0.258 e. The lowest BCUT2D eigenvalue weighted by molar-refractivity contribution is -0.384. The molecule has 0 saturated heterocycles. The van der Waals surface area contributed by atoms with E-state index in [0.717, 1.165) is 0 Å². The summed E-state index contributed by atoms with van der Waals surface area (Å²) in [6.07, 6.45) is 2.91. The lowest BCUT2D eigenvalue weighted by Gasteiger charge is -2.08. The summed E-state index contributed by atoms with van der Waals surface area (Å²) in [6, 6.07) is 7.77. The molecule has 1 unspecified atom stereocenters. The lowest BCUT2D eigenvalue weighted by Crippen LogP contribution is -2.06. The van der Waals surface area contributed by atoms with Crippen LogP contribution in [0.5, 0.6) is 0 Å². The number of hydrogen-bond acceptors (Lipinski definition) is 7. The van der Waals surface area contributed by atoms with Crippen molar-refractivity contribution in [2.24, 2.45) is 0 Å². The maximum absolute atomic E-state index is 11.7. The maximum Gasteiger partial charge on any atom is 0.270 e. The number of hydrogen-bond donors (Lipinski definition) is 0. The molecule has 0 aliphatic rings. The van der Waals surface area contributed by atoms with Crippen LogP contribution >= 0.6 is 0 Å². The first-order valence-electron chi connectivity index (χ1n) is 6.80. The van der Waals surface area contributed by atoms with E-state index in [9.17, 15) is 14.3 Å². The molecule has 24 heavy (non-hydrogen) atoms. The van der Waals surface area contributed by atoms with Gasteiger partial charge in [0.25, 0.3) is 5.69 Å². The smallest absolute Gasteiger partial charge is 0.258 e. The molecule has 0 aliphatic carbocycles. The van der Waals surface area contributed by atoms with E-state index in [4.69, 9.17) is 0 Å². The van der Waals surface area contributed by atoms with Crippen LogP contribution in [0, 0.1) is 17.0 Å².